The number of aryl methyl sites for hydroxylation is 2. The second-order valence-electron chi connectivity index (χ2n) is 9.60. The van der Waals surface area contributed by atoms with Crippen LogP contribution in [0, 0.1) is 13.8 Å². The van der Waals surface area contributed by atoms with Crippen LogP contribution in [0.1, 0.15) is 40.8 Å². The molecule has 186 valence electrons. The van der Waals surface area contributed by atoms with E-state index in [1.165, 1.54) is 16.2 Å². The van der Waals surface area contributed by atoms with E-state index in [4.69, 9.17) is 9.72 Å². The minimum Gasteiger partial charge on any atom is -0.507 e. The van der Waals surface area contributed by atoms with E-state index in [1.54, 1.807) is 12.1 Å². The number of fused-ring (bicyclic) bond motifs is 2. The summed E-state index contributed by atoms with van der Waals surface area (Å²) in [6.45, 7) is 5.99. The van der Waals surface area contributed by atoms with Gasteiger partial charge in [0.15, 0.2) is 5.13 Å². The van der Waals surface area contributed by atoms with E-state index >= 15 is 0 Å². The molecule has 0 saturated carbocycles. The van der Waals surface area contributed by atoms with E-state index in [0.29, 0.717) is 22.7 Å². The summed E-state index contributed by atoms with van der Waals surface area (Å²) in [5, 5.41) is 11.9. The van der Waals surface area contributed by atoms with Crippen LogP contribution < -0.4 is 9.64 Å². The average Bonchev–Trinajstić information content (AvgIpc) is 3.52. The summed E-state index contributed by atoms with van der Waals surface area (Å²) in [7, 11) is 0. The maximum atomic E-state index is 13.5. The minimum atomic E-state index is -0.821. The molecule has 6 rings (SSSR count). The first kappa shape index (κ1) is 23.9. The second kappa shape index (κ2) is 8.82. The van der Waals surface area contributed by atoms with Crippen LogP contribution in [-0.4, -0.2) is 27.9 Å². The highest BCUT2D eigenvalue weighted by molar-refractivity contribution is 9.10. The van der Waals surface area contributed by atoms with Crippen molar-refractivity contribution < 1.29 is 19.4 Å². The molecule has 1 amide bonds. The molecular formula is C29H23BrN2O4S. The molecule has 0 bridgehead atoms. The van der Waals surface area contributed by atoms with Crippen molar-refractivity contribution in [2.75, 3.05) is 4.90 Å². The molecule has 2 aliphatic heterocycles. The fourth-order valence-electron chi connectivity index (χ4n) is 5.18. The molecule has 2 atom stereocenters. The number of halogens is 1. The van der Waals surface area contributed by atoms with Crippen molar-refractivity contribution in [3.8, 4) is 5.75 Å². The number of aliphatic hydroxyl groups is 1. The predicted octanol–water partition coefficient (Wildman–Crippen LogP) is 6.63. The number of Topliss-reactive ketones (excluding diaryl/α,β-unsaturated/α-hetero) is 1. The largest absolute Gasteiger partial charge is 0.507 e. The SMILES string of the molecule is Cc1cc(C)c2nc(N3C(=O)C(=O)C(=C(O)c4ccc5c(c4)C[C@H](C)O5)[C@@H]3c3ccc(Br)cc3)sc2c1. The Kier molecular flexibility index (Phi) is 5.69. The van der Waals surface area contributed by atoms with Crippen LogP contribution in [-0.2, 0) is 16.0 Å². The van der Waals surface area contributed by atoms with Gasteiger partial charge in [-0.05, 0) is 79.4 Å². The molecule has 0 unspecified atom stereocenters. The molecule has 0 aliphatic carbocycles. The van der Waals surface area contributed by atoms with E-state index in [2.05, 4.69) is 15.9 Å². The Hall–Kier alpha value is -3.49. The highest BCUT2D eigenvalue weighted by atomic mass is 79.9. The van der Waals surface area contributed by atoms with E-state index in [-0.39, 0.29) is 17.4 Å². The number of amides is 1. The van der Waals surface area contributed by atoms with Crippen LogP contribution >= 0.6 is 27.3 Å². The molecule has 1 fully saturated rings. The molecule has 1 saturated heterocycles. The first-order valence-corrected chi connectivity index (χ1v) is 13.6. The van der Waals surface area contributed by atoms with Gasteiger partial charge in [0.1, 0.15) is 17.6 Å². The zero-order valence-corrected chi connectivity index (χ0v) is 22.8. The van der Waals surface area contributed by atoms with Crippen LogP contribution in [0.3, 0.4) is 0 Å². The van der Waals surface area contributed by atoms with Crippen molar-refractivity contribution in [3.05, 3.63) is 92.5 Å². The monoisotopic (exact) mass is 574 g/mol. The first-order chi connectivity index (χ1) is 17.7. The quantitative estimate of drug-likeness (QED) is 0.169. The number of thiazole rings is 1. The zero-order valence-electron chi connectivity index (χ0n) is 20.4. The lowest BCUT2D eigenvalue weighted by Gasteiger charge is -2.23. The number of benzene rings is 3. The standard InChI is InChI=1S/C29H23BrN2O4S/c1-14-10-15(2)24-22(11-14)37-29(31-24)32-25(17-4-7-20(30)8-5-17)23(27(34)28(32)35)26(33)18-6-9-21-19(13-18)12-16(3)36-21/h4-11,13,16,25,33H,12H2,1-3H3/t16-,25-/m0/s1. The van der Waals surface area contributed by atoms with E-state index in [9.17, 15) is 14.7 Å². The first-order valence-electron chi connectivity index (χ1n) is 12.0. The Balaban J connectivity index is 1.54. The van der Waals surface area contributed by atoms with Crippen molar-refractivity contribution in [1.29, 1.82) is 0 Å². The lowest BCUT2D eigenvalue weighted by atomic mass is 9.94. The Morgan fingerprint density at radius 2 is 1.86 bits per heavy atom. The molecule has 37 heavy (non-hydrogen) atoms. The maximum absolute atomic E-state index is 13.5. The number of rotatable bonds is 3. The minimum absolute atomic E-state index is 0.0476. The Labute approximate surface area is 226 Å². The fraction of sp³-hybridized carbons (Fsp3) is 0.207. The number of aliphatic hydroxyl groups excluding tert-OH is 1. The number of anilines is 1. The van der Waals surface area contributed by atoms with Gasteiger partial charge in [-0.3, -0.25) is 14.5 Å². The van der Waals surface area contributed by atoms with Crippen LogP contribution in [0.25, 0.3) is 16.0 Å². The predicted molar refractivity (Wildman–Crippen MR) is 148 cm³/mol. The number of ether oxygens (including phenoxy) is 1. The summed E-state index contributed by atoms with van der Waals surface area (Å²) in [5.74, 6) is -0.873. The van der Waals surface area contributed by atoms with Crippen LogP contribution in [0.5, 0.6) is 5.75 Å². The second-order valence-corrected chi connectivity index (χ2v) is 11.5. The summed E-state index contributed by atoms with van der Waals surface area (Å²) in [6, 6.07) is 16.0. The van der Waals surface area contributed by atoms with Gasteiger partial charge >= 0.3 is 5.91 Å². The van der Waals surface area contributed by atoms with Gasteiger partial charge in [-0.25, -0.2) is 4.98 Å². The molecule has 4 aromatic rings. The molecule has 0 radical (unpaired) electrons. The third-order valence-corrected chi connectivity index (χ3v) is 8.35. The summed E-state index contributed by atoms with van der Waals surface area (Å²) >= 11 is 4.83. The van der Waals surface area contributed by atoms with Crippen molar-refractivity contribution in [3.63, 3.8) is 0 Å². The van der Waals surface area contributed by atoms with Crippen molar-refractivity contribution >= 4 is 60.1 Å². The van der Waals surface area contributed by atoms with Gasteiger partial charge in [0.2, 0.25) is 0 Å². The highest BCUT2D eigenvalue weighted by Gasteiger charge is 2.48. The van der Waals surface area contributed by atoms with Crippen LogP contribution in [0.2, 0.25) is 0 Å². The van der Waals surface area contributed by atoms with E-state index in [0.717, 1.165) is 37.1 Å². The molecule has 1 N–H and O–H groups in total. The van der Waals surface area contributed by atoms with Gasteiger partial charge in [0.25, 0.3) is 5.78 Å². The third-order valence-electron chi connectivity index (χ3n) is 6.82. The Morgan fingerprint density at radius 1 is 1.11 bits per heavy atom. The fourth-order valence-corrected chi connectivity index (χ4v) is 6.61. The third kappa shape index (κ3) is 3.95. The smallest absolute Gasteiger partial charge is 0.301 e. The molecule has 2 aliphatic rings. The molecule has 3 heterocycles. The summed E-state index contributed by atoms with van der Waals surface area (Å²) < 4.78 is 7.60. The van der Waals surface area contributed by atoms with Gasteiger partial charge in [0.05, 0.1) is 21.8 Å². The number of ketones is 1. The van der Waals surface area contributed by atoms with E-state index < -0.39 is 17.7 Å². The maximum Gasteiger partial charge on any atom is 0.301 e. The lowest BCUT2D eigenvalue weighted by Crippen LogP contribution is -2.29. The van der Waals surface area contributed by atoms with Gasteiger partial charge in [-0.1, -0.05) is 45.5 Å². The van der Waals surface area contributed by atoms with Crippen molar-refractivity contribution in [2.24, 2.45) is 0 Å². The summed E-state index contributed by atoms with van der Waals surface area (Å²) in [6.07, 6.45) is 0.762. The Morgan fingerprint density at radius 3 is 2.62 bits per heavy atom. The summed E-state index contributed by atoms with van der Waals surface area (Å²) in [4.78, 5) is 33.2. The number of aromatic nitrogens is 1. The van der Waals surface area contributed by atoms with Crippen molar-refractivity contribution in [1.82, 2.24) is 4.98 Å². The normalized spacial score (nSPS) is 20.5. The number of hydrogen-bond acceptors (Lipinski definition) is 6. The van der Waals surface area contributed by atoms with E-state index in [1.807, 2.05) is 63.2 Å². The zero-order chi connectivity index (χ0) is 26.0. The molecule has 3 aromatic carbocycles. The summed E-state index contributed by atoms with van der Waals surface area (Å²) in [5.41, 5.74) is 5.09. The average molecular weight is 575 g/mol. The van der Waals surface area contributed by atoms with Gasteiger partial charge in [-0.2, -0.15) is 0 Å². The number of nitrogens with zero attached hydrogens (tertiary/aromatic N) is 2. The number of carbonyl (C=O) groups is 2. The lowest BCUT2D eigenvalue weighted by molar-refractivity contribution is -0.132. The molecule has 1 aromatic heterocycles. The van der Waals surface area contributed by atoms with Crippen LogP contribution in [0.15, 0.2) is 64.6 Å². The topological polar surface area (TPSA) is 79.7 Å². The molecule has 8 heteroatoms. The van der Waals surface area contributed by atoms with Crippen molar-refractivity contribution in [2.45, 2.75) is 39.3 Å². The van der Waals surface area contributed by atoms with Gasteiger partial charge < -0.3 is 9.84 Å². The molecule has 6 nitrogen and oxygen atoms in total. The van der Waals surface area contributed by atoms with Crippen LogP contribution in [0.4, 0.5) is 5.13 Å². The molecule has 0 spiro atoms. The number of carbonyl (C=O) groups excluding carboxylic acids is 2. The molecular weight excluding hydrogens is 552 g/mol. The Bertz CT molecular complexity index is 1640. The van der Waals surface area contributed by atoms with Gasteiger partial charge in [-0.15, -0.1) is 0 Å². The number of hydrogen-bond donors (Lipinski definition) is 1. The van der Waals surface area contributed by atoms with Gasteiger partial charge in [0, 0.05) is 16.5 Å². The highest BCUT2D eigenvalue weighted by Crippen LogP contribution is 2.45.